The molecule has 0 saturated carbocycles. The molecule has 0 saturated heterocycles. The highest BCUT2D eigenvalue weighted by Gasteiger charge is 2.28. The Kier molecular flexibility index (Phi) is 4.59. The fourth-order valence-corrected chi connectivity index (χ4v) is 3.23. The van der Waals surface area contributed by atoms with E-state index in [1.807, 2.05) is 0 Å². The summed E-state index contributed by atoms with van der Waals surface area (Å²) in [6.45, 7) is 7.27. The number of rotatable bonds is 5. The largest absolute Gasteiger partial charge is 0.246 e. The van der Waals surface area contributed by atoms with Crippen LogP contribution in [0.1, 0.15) is 19.5 Å². The third-order valence-electron chi connectivity index (χ3n) is 2.35. The number of nitriles is 1. The monoisotopic (exact) mass is 265 g/mol. The van der Waals surface area contributed by atoms with Gasteiger partial charge in [-0.15, -0.1) is 6.58 Å². The summed E-state index contributed by atoms with van der Waals surface area (Å²) in [6, 6.07) is 4.46. The molecule has 0 N–H and O–H groups in total. The maximum atomic E-state index is 12.4. The zero-order valence-electron chi connectivity index (χ0n) is 10.4. The van der Waals surface area contributed by atoms with Crippen molar-refractivity contribution < 1.29 is 8.42 Å². The molecule has 0 spiro atoms. The summed E-state index contributed by atoms with van der Waals surface area (Å²) < 4.78 is 26.1. The highest BCUT2D eigenvalue weighted by Crippen LogP contribution is 2.20. The standard InChI is InChI=1S/C12H15N3O2S/c1-4-8-15(10(2)3)18(16,17)12-6-5-7-14-11(12)9-13/h4-7,10H,1,8H2,2-3H3. The molecule has 0 radical (unpaired) electrons. The van der Waals surface area contributed by atoms with Gasteiger partial charge in [0, 0.05) is 18.8 Å². The van der Waals surface area contributed by atoms with Crippen LogP contribution in [0.5, 0.6) is 0 Å². The molecule has 0 aliphatic rings. The van der Waals surface area contributed by atoms with Crippen molar-refractivity contribution in [2.24, 2.45) is 0 Å². The van der Waals surface area contributed by atoms with Gasteiger partial charge in [0.25, 0.3) is 0 Å². The predicted molar refractivity (Wildman–Crippen MR) is 68.2 cm³/mol. The quantitative estimate of drug-likeness (QED) is 0.757. The van der Waals surface area contributed by atoms with Gasteiger partial charge in [0.1, 0.15) is 11.0 Å². The Morgan fingerprint density at radius 3 is 2.78 bits per heavy atom. The van der Waals surface area contributed by atoms with Gasteiger partial charge in [0.05, 0.1) is 0 Å². The van der Waals surface area contributed by atoms with Crippen LogP contribution >= 0.6 is 0 Å². The second-order valence-corrected chi connectivity index (χ2v) is 5.78. The number of pyridine rings is 1. The van der Waals surface area contributed by atoms with E-state index < -0.39 is 10.0 Å². The van der Waals surface area contributed by atoms with E-state index in [1.54, 1.807) is 19.9 Å². The van der Waals surface area contributed by atoms with Gasteiger partial charge in [-0.2, -0.15) is 9.57 Å². The second kappa shape index (κ2) is 5.76. The van der Waals surface area contributed by atoms with Crippen LogP contribution in [0.15, 0.2) is 35.9 Å². The van der Waals surface area contributed by atoms with Crippen LogP contribution in [-0.4, -0.2) is 30.3 Å². The van der Waals surface area contributed by atoms with Gasteiger partial charge >= 0.3 is 0 Å². The van der Waals surface area contributed by atoms with Crippen molar-refractivity contribution >= 4 is 10.0 Å². The lowest BCUT2D eigenvalue weighted by Gasteiger charge is -2.24. The van der Waals surface area contributed by atoms with E-state index in [2.05, 4.69) is 11.6 Å². The second-order valence-electron chi connectivity index (χ2n) is 3.92. The molecule has 0 bridgehead atoms. The zero-order valence-corrected chi connectivity index (χ0v) is 11.2. The lowest BCUT2D eigenvalue weighted by atomic mass is 10.4. The topological polar surface area (TPSA) is 74.1 Å². The van der Waals surface area contributed by atoms with Crippen LogP contribution < -0.4 is 0 Å². The molecule has 1 heterocycles. The van der Waals surface area contributed by atoms with E-state index in [9.17, 15) is 8.42 Å². The van der Waals surface area contributed by atoms with Crippen molar-refractivity contribution in [1.29, 1.82) is 5.26 Å². The van der Waals surface area contributed by atoms with Crippen LogP contribution in [0, 0.1) is 11.3 Å². The van der Waals surface area contributed by atoms with Crippen molar-refractivity contribution in [2.75, 3.05) is 6.54 Å². The summed E-state index contributed by atoms with van der Waals surface area (Å²) in [7, 11) is -3.73. The third kappa shape index (κ3) is 2.75. The molecule has 6 heteroatoms. The summed E-state index contributed by atoms with van der Waals surface area (Å²) in [5, 5.41) is 8.92. The van der Waals surface area contributed by atoms with Gasteiger partial charge in [0.2, 0.25) is 10.0 Å². The molecule has 18 heavy (non-hydrogen) atoms. The van der Waals surface area contributed by atoms with Crippen LogP contribution in [0.4, 0.5) is 0 Å². The summed E-state index contributed by atoms with van der Waals surface area (Å²) in [5.74, 6) is 0. The smallest absolute Gasteiger partial charge is 0.244 e. The first-order chi connectivity index (χ1) is 8.45. The van der Waals surface area contributed by atoms with Gasteiger partial charge in [0.15, 0.2) is 5.69 Å². The van der Waals surface area contributed by atoms with Crippen molar-refractivity contribution in [3.63, 3.8) is 0 Å². The molecule has 0 unspecified atom stereocenters. The molecule has 96 valence electrons. The average molecular weight is 265 g/mol. The molecule has 1 aromatic rings. The zero-order chi connectivity index (χ0) is 13.8. The van der Waals surface area contributed by atoms with E-state index in [1.165, 1.54) is 28.7 Å². The molecule has 0 fully saturated rings. The summed E-state index contributed by atoms with van der Waals surface area (Å²) in [4.78, 5) is 3.71. The van der Waals surface area contributed by atoms with E-state index in [-0.39, 0.29) is 23.2 Å². The Morgan fingerprint density at radius 1 is 1.61 bits per heavy atom. The lowest BCUT2D eigenvalue weighted by Crippen LogP contribution is -2.37. The first-order valence-electron chi connectivity index (χ1n) is 5.43. The minimum atomic E-state index is -3.73. The Bertz CT molecular complexity index is 573. The van der Waals surface area contributed by atoms with Gasteiger partial charge < -0.3 is 0 Å². The molecule has 5 nitrogen and oxygen atoms in total. The number of aromatic nitrogens is 1. The third-order valence-corrected chi connectivity index (χ3v) is 4.42. The number of sulfonamides is 1. The maximum Gasteiger partial charge on any atom is 0.246 e. The van der Waals surface area contributed by atoms with Gasteiger partial charge in [-0.3, -0.25) is 0 Å². The van der Waals surface area contributed by atoms with Gasteiger partial charge in [-0.25, -0.2) is 13.4 Å². The molecular weight excluding hydrogens is 250 g/mol. The van der Waals surface area contributed by atoms with Crippen molar-refractivity contribution in [2.45, 2.75) is 24.8 Å². The normalized spacial score (nSPS) is 11.5. The van der Waals surface area contributed by atoms with Crippen LogP contribution in [0.25, 0.3) is 0 Å². The van der Waals surface area contributed by atoms with Crippen molar-refractivity contribution in [1.82, 2.24) is 9.29 Å². The Morgan fingerprint density at radius 2 is 2.28 bits per heavy atom. The minimum Gasteiger partial charge on any atom is -0.244 e. The van der Waals surface area contributed by atoms with Gasteiger partial charge in [-0.05, 0) is 26.0 Å². The highest BCUT2D eigenvalue weighted by atomic mass is 32.2. The first-order valence-corrected chi connectivity index (χ1v) is 6.87. The van der Waals surface area contributed by atoms with Crippen LogP contribution in [-0.2, 0) is 10.0 Å². The highest BCUT2D eigenvalue weighted by molar-refractivity contribution is 7.89. The van der Waals surface area contributed by atoms with Crippen molar-refractivity contribution in [3.8, 4) is 6.07 Å². The fourth-order valence-electron chi connectivity index (χ4n) is 1.52. The molecular formula is C12H15N3O2S. The molecule has 0 amide bonds. The summed E-state index contributed by atoms with van der Waals surface area (Å²) in [5.41, 5.74) is -0.0905. The average Bonchev–Trinajstić information content (AvgIpc) is 2.35. The van der Waals surface area contributed by atoms with E-state index >= 15 is 0 Å². The van der Waals surface area contributed by atoms with Crippen LogP contribution in [0.2, 0.25) is 0 Å². The van der Waals surface area contributed by atoms with E-state index in [0.29, 0.717) is 0 Å². The molecule has 1 aromatic heterocycles. The maximum absolute atomic E-state index is 12.4. The van der Waals surface area contributed by atoms with Crippen molar-refractivity contribution in [3.05, 3.63) is 36.7 Å². The Hall–Kier alpha value is -1.71. The predicted octanol–water partition coefficient (Wildman–Crippen LogP) is 1.54. The van der Waals surface area contributed by atoms with Crippen LogP contribution in [0.3, 0.4) is 0 Å². The molecule has 0 aliphatic carbocycles. The SMILES string of the molecule is C=CCN(C(C)C)S(=O)(=O)c1cccnc1C#N. The molecule has 0 aliphatic heterocycles. The van der Waals surface area contributed by atoms with E-state index in [4.69, 9.17) is 5.26 Å². The molecule has 0 atom stereocenters. The summed E-state index contributed by atoms with van der Waals surface area (Å²) >= 11 is 0. The first kappa shape index (κ1) is 14.4. The number of hydrogen-bond donors (Lipinski definition) is 0. The number of nitrogens with zero attached hydrogens (tertiary/aromatic N) is 3. The molecule has 1 rings (SSSR count). The lowest BCUT2D eigenvalue weighted by molar-refractivity contribution is 0.382. The number of hydrogen-bond acceptors (Lipinski definition) is 4. The fraction of sp³-hybridized carbons (Fsp3) is 0.333. The summed E-state index contributed by atoms with van der Waals surface area (Å²) in [6.07, 6.45) is 2.91. The minimum absolute atomic E-state index is 0.0666. The van der Waals surface area contributed by atoms with Gasteiger partial charge in [-0.1, -0.05) is 6.08 Å². The van der Waals surface area contributed by atoms with E-state index in [0.717, 1.165) is 0 Å². The molecule has 0 aromatic carbocycles. The Balaban J connectivity index is 3.36. The Labute approximate surface area is 107 Å².